The maximum atomic E-state index is 13.6. The number of halogens is 1. The lowest BCUT2D eigenvalue weighted by molar-refractivity contribution is -0.131. The number of likely N-dealkylation sites (N-methyl/N-ethyl adjacent to an activating group) is 1. The Morgan fingerprint density at radius 3 is 2.81 bits per heavy atom. The van der Waals surface area contributed by atoms with Gasteiger partial charge in [-0.25, -0.2) is 9.18 Å². The molecule has 0 saturated carbocycles. The zero-order chi connectivity index (χ0) is 15.7. The molecule has 0 amide bonds. The lowest BCUT2D eigenvalue weighted by Crippen LogP contribution is -2.27. The molecule has 1 aromatic rings. The van der Waals surface area contributed by atoms with Crippen molar-refractivity contribution >= 4 is 12.0 Å². The molecule has 116 valence electrons. The number of nitrogens with zero attached hydrogens (tertiary/aromatic N) is 1. The van der Waals surface area contributed by atoms with Gasteiger partial charge in [0.25, 0.3) is 0 Å². The van der Waals surface area contributed by atoms with Crippen LogP contribution in [0.15, 0.2) is 24.3 Å². The molecule has 0 spiro atoms. The summed E-state index contributed by atoms with van der Waals surface area (Å²) in [5, 5.41) is 8.61. The molecule has 21 heavy (non-hydrogen) atoms. The number of carbonyl (C=O) groups is 1. The molecule has 1 N–H and O–H groups in total. The van der Waals surface area contributed by atoms with Gasteiger partial charge in [-0.2, -0.15) is 0 Å². The number of hydrogen-bond acceptors (Lipinski definition) is 3. The maximum Gasteiger partial charge on any atom is 0.328 e. The number of ether oxygens (including phenoxy) is 1. The molecule has 0 atom stereocenters. The first-order valence-corrected chi connectivity index (χ1v) is 7.06. The zero-order valence-corrected chi connectivity index (χ0v) is 12.5. The lowest BCUT2D eigenvalue weighted by atomic mass is 10.1. The van der Waals surface area contributed by atoms with E-state index in [1.807, 2.05) is 6.92 Å². The Bertz CT molecular complexity index is 488. The SMILES string of the molecule is CCOCCN(CC)Cc1ccc(F)c(C=CC(=O)O)c1. The third kappa shape index (κ3) is 6.51. The number of hydrogen-bond donors (Lipinski definition) is 1. The van der Waals surface area contributed by atoms with Crippen molar-refractivity contribution in [2.75, 3.05) is 26.3 Å². The predicted molar refractivity (Wildman–Crippen MR) is 80.5 cm³/mol. The van der Waals surface area contributed by atoms with Crippen LogP contribution in [0.1, 0.15) is 25.0 Å². The number of rotatable bonds is 9. The molecule has 0 aromatic heterocycles. The van der Waals surface area contributed by atoms with E-state index in [-0.39, 0.29) is 5.56 Å². The first-order valence-electron chi connectivity index (χ1n) is 7.06. The van der Waals surface area contributed by atoms with Crippen LogP contribution >= 0.6 is 0 Å². The minimum atomic E-state index is -1.09. The highest BCUT2D eigenvalue weighted by Gasteiger charge is 2.06. The average molecular weight is 295 g/mol. The van der Waals surface area contributed by atoms with Gasteiger partial charge in [-0.1, -0.05) is 13.0 Å². The standard InChI is InChI=1S/C16H22FNO3/c1-3-18(9-10-21-4-2)12-13-5-7-15(17)14(11-13)6-8-16(19)20/h5-8,11H,3-4,9-10,12H2,1-2H3,(H,19,20). The summed E-state index contributed by atoms with van der Waals surface area (Å²) in [5.41, 5.74) is 1.23. The predicted octanol–water partition coefficient (Wildman–Crippen LogP) is 2.78. The second-order valence-corrected chi connectivity index (χ2v) is 4.59. The van der Waals surface area contributed by atoms with E-state index in [4.69, 9.17) is 9.84 Å². The van der Waals surface area contributed by atoms with Crippen molar-refractivity contribution in [1.29, 1.82) is 0 Å². The monoisotopic (exact) mass is 295 g/mol. The number of benzene rings is 1. The Labute approximate surface area is 124 Å². The highest BCUT2D eigenvalue weighted by atomic mass is 19.1. The molecule has 0 heterocycles. The Morgan fingerprint density at radius 2 is 2.19 bits per heavy atom. The smallest absolute Gasteiger partial charge is 0.328 e. The van der Waals surface area contributed by atoms with E-state index >= 15 is 0 Å². The Kier molecular flexibility index (Phi) is 7.64. The molecule has 0 saturated heterocycles. The highest BCUT2D eigenvalue weighted by Crippen LogP contribution is 2.14. The summed E-state index contributed by atoms with van der Waals surface area (Å²) in [4.78, 5) is 12.7. The van der Waals surface area contributed by atoms with Crippen LogP contribution in [0.3, 0.4) is 0 Å². The third-order valence-corrected chi connectivity index (χ3v) is 3.08. The van der Waals surface area contributed by atoms with Crippen LogP contribution in [0.4, 0.5) is 4.39 Å². The van der Waals surface area contributed by atoms with E-state index in [9.17, 15) is 9.18 Å². The first-order chi connectivity index (χ1) is 10.1. The molecule has 0 radical (unpaired) electrons. The van der Waals surface area contributed by atoms with Crippen molar-refractivity contribution in [1.82, 2.24) is 4.90 Å². The Hall–Kier alpha value is -1.72. The second-order valence-electron chi connectivity index (χ2n) is 4.59. The van der Waals surface area contributed by atoms with Gasteiger partial charge in [0, 0.05) is 31.3 Å². The van der Waals surface area contributed by atoms with Gasteiger partial charge in [-0.05, 0) is 37.2 Å². The van der Waals surface area contributed by atoms with E-state index in [1.165, 1.54) is 12.1 Å². The molecule has 1 aromatic carbocycles. The second kappa shape index (κ2) is 9.26. The fourth-order valence-corrected chi connectivity index (χ4v) is 1.93. The average Bonchev–Trinajstić information content (AvgIpc) is 2.46. The maximum absolute atomic E-state index is 13.6. The molecule has 1 rings (SSSR count). The Morgan fingerprint density at radius 1 is 1.43 bits per heavy atom. The fourth-order valence-electron chi connectivity index (χ4n) is 1.93. The van der Waals surface area contributed by atoms with Crippen molar-refractivity contribution in [2.45, 2.75) is 20.4 Å². The van der Waals surface area contributed by atoms with Gasteiger partial charge in [0.2, 0.25) is 0 Å². The fraction of sp³-hybridized carbons (Fsp3) is 0.438. The molecule has 0 unspecified atom stereocenters. The quantitative estimate of drug-likeness (QED) is 0.562. The third-order valence-electron chi connectivity index (χ3n) is 3.08. The summed E-state index contributed by atoms with van der Waals surface area (Å²) < 4.78 is 18.9. The minimum Gasteiger partial charge on any atom is -0.478 e. The summed E-state index contributed by atoms with van der Waals surface area (Å²) in [6.45, 7) is 7.72. The molecule has 0 aliphatic rings. The molecule has 5 heteroatoms. The van der Waals surface area contributed by atoms with Gasteiger partial charge in [0.1, 0.15) is 5.82 Å². The number of carboxylic acids is 1. The largest absolute Gasteiger partial charge is 0.478 e. The summed E-state index contributed by atoms with van der Waals surface area (Å²) in [6.07, 6.45) is 2.21. The van der Waals surface area contributed by atoms with Gasteiger partial charge in [0.15, 0.2) is 0 Å². The van der Waals surface area contributed by atoms with Crippen LogP contribution in [0.5, 0.6) is 0 Å². The van der Waals surface area contributed by atoms with Crippen molar-refractivity contribution in [2.24, 2.45) is 0 Å². The lowest BCUT2D eigenvalue weighted by Gasteiger charge is -2.20. The highest BCUT2D eigenvalue weighted by molar-refractivity contribution is 5.85. The van der Waals surface area contributed by atoms with Crippen LogP contribution in [0, 0.1) is 5.82 Å². The number of aliphatic carboxylic acids is 1. The van der Waals surface area contributed by atoms with Gasteiger partial charge in [0.05, 0.1) is 6.61 Å². The van der Waals surface area contributed by atoms with E-state index in [2.05, 4.69) is 11.8 Å². The van der Waals surface area contributed by atoms with Gasteiger partial charge >= 0.3 is 5.97 Å². The van der Waals surface area contributed by atoms with Crippen LogP contribution in [0.25, 0.3) is 6.08 Å². The van der Waals surface area contributed by atoms with E-state index < -0.39 is 11.8 Å². The summed E-state index contributed by atoms with van der Waals surface area (Å²) in [5.74, 6) is -1.51. The normalized spacial score (nSPS) is 11.4. The van der Waals surface area contributed by atoms with Crippen molar-refractivity contribution in [3.63, 3.8) is 0 Å². The Balaban J connectivity index is 2.73. The van der Waals surface area contributed by atoms with Gasteiger partial charge in [-0.15, -0.1) is 0 Å². The van der Waals surface area contributed by atoms with E-state index in [1.54, 1.807) is 12.1 Å². The van der Waals surface area contributed by atoms with Crippen molar-refractivity contribution in [3.8, 4) is 0 Å². The molecular weight excluding hydrogens is 273 g/mol. The van der Waals surface area contributed by atoms with Crippen molar-refractivity contribution in [3.05, 3.63) is 41.2 Å². The van der Waals surface area contributed by atoms with Crippen LogP contribution < -0.4 is 0 Å². The van der Waals surface area contributed by atoms with Crippen molar-refractivity contribution < 1.29 is 19.0 Å². The summed E-state index contributed by atoms with van der Waals surface area (Å²) in [7, 11) is 0. The molecular formula is C16H22FNO3. The molecule has 0 fully saturated rings. The minimum absolute atomic E-state index is 0.288. The van der Waals surface area contributed by atoms with Crippen LogP contribution in [-0.4, -0.2) is 42.3 Å². The van der Waals surface area contributed by atoms with E-state index in [0.29, 0.717) is 19.8 Å². The van der Waals surface area contributed by atoms with Crippen LogP contribution in [-0.2, 0) is 16.1 Å². The van der Waals surface area contributed by atoms with Gasteiger partial charge in [-0.3, -0.25) is 4.90 Å². The topological polar surface area (TPSA) is 49.8 Å². The molecule has 0 bridgehead atoms. The summed E-state index contributed by atoms with van der Waals surface area (Å²) >= 11 is 0. The van der Waals surface area contributed by atoms with Crippen LogP contribution in [0.2, 0.25) is 0 Å². The molecule has 4 nitrogen and oxygen atoms in total. The number of carboxylic acid groups (broad SMARTS) is 1. The van der Waals surface area contributed by atoms with Gasteiger partial charge < -0.3 is 9.84 Å². The van der Waals surface area contributed by atoms with E-state index in [0.717, 1.165) is 24.7 Å². The zero-order valence-electron chi connectivity index (χ0n) is 12.5. The molecule has 0 aliphatic carbocycles. The summed E-state index contributed by atoms with van der Waals surface area (Å²) in [6, 6.07) is 4.77. The first kappa shape index (κ1) is 17.3. The molecule has 0 aliphatic heterocycles.